The van der Waals surface area contributed by atoms with E-state index in [9.17, 15) is 5.11 Å². The van der Waals surface area contributed by atoms with Gasteiger partial charge in [-0.1, -0.05) is 30.3 Å². The zero-order valence-electron chi connectivity index (χ0n) is 21.4. The molecule has 3 fully saturated rings. The number of nitrogens with zero attached hydrogens (tertiary/aromatic N) is 4. The van der Waals surface area contributed by atoms with Crippen molar-refractivity contribution in [3.63, 3.8) is 0 Å². The van der Waals surface area contributed by atoms with Gasteiger partial charge in [0.15, 0.2) is 5.82 Å². The second kappa shape index (κ2) is 9.67. The van der Waals surface area contributed by atoms with Crippen LogP contribution in [-0.2, 0) is 0 Å². The van der Waals surface area contributed by atoms with Gasteiger partial charge in [-0.3, -0.25) is 4.90 Å². The molecule has 3 saturated heterocycles. The predicted molar refractivity (Wildman–Crippen MR) is 147 cm³/mol. The molecule has 0 unspecified atom stereocenters. The molecule has 2 bridgehead atoms. The van der Waals surface area contributed by atoms with Crippen molar-refractivity contribution >= 4 is 27.5 Å². The van der Waals surface area contributed by atoms with E-state index in [0.29, 0.717) is 35.2 Å². The van der Waals surface area contributed by atoms with Gasteiger partial charge in [0.05, 0.1) is 0 Å². The Balaban J connectivity index is 1.32. The zero-order valence-corrected chi connectivity index (χ0v) is 21.4. The number of anilines is 1. The zero-order chi connectivity index (χ0) is 25.6. The third-order valence-electron chi connectivity index (χ3n) is 8.26. The van der Waals surface area contributed by atoms with Crippen LogP contribution in [0.2, 0.25) is 0 Å². The Morgan fingerprint density at radius 2 is 1.74 bits per heavy atom. The maximum Gasteiger partial charge on any atom is 0.319 e. The lowest BCUT2D eigenvalue weighted by atomic mass is 9.96. The van der Waals surface area contributed by atoms with Crippen molar-refractivity contribution in [2.45, 2.75) is 37.8 Å². The van der Waals surface area contributed by atoms with E-state index in [2.05, 4.69) is 20.1 Å². The molecule has 4 aromatic rings. The van der Waals surface area contributed by atoms with Crippen molar-refractivity contribution in [2.24, 2.45) is 0 Å². The summed E-state index contributed by atoms with van der Waals surface area (Å²) in [4.78, 5) is 14.1. The summed E-state index contributed by atoms with van der Waals surface area (Å²) in [5.41, 5.74) is 1.29. The van der Waals surface area contributed by atoms with E-state index in [0.717, 1.165) is 62.2 Å². The lowest BCUT2D eigenvalue weighted by molar-refractivity contribution is 0.226. The van der Waals surface area contributed by atoms with E-state index in [4.69, 9.17) is 9.72 Å². The van der Waals surface area contributed by atoms with Crippen LogP contribution in [0.1, 0.15) is 25.7 Å². The summed E-state index contributed by atoms with van der Waals surface area (Å²) in [5, 5.41) is 16.5. The number of hydrogen-bond acceptors (Lipinski definition) is 7. The number of rotatable bonds is 6. The lowest BCUT2D eigenvalue weighted by Gasteiger charge is -2.34. The predicted octanol–water partition coefficient (Wildman–Crippen LogP) is 4.71. The number of phenolic OH excluding ortho intramolecular Hbond substituents is 1. The number of benzene rings is 3. The lowest BCUT2D eigenvalue weighted by Crippen LogP contribution is -2.51. The molecule has 7 nitrogen and oxygen atoms in total. The molecule has 2 N–H and O–H groups in total. The summed E-state index contributed by atoms with van der Waals surface area (Å²) >= 11 is 0. The van der Waals surface area contributed by atoms with E-state index in [1.807, 2.05) is 30.3 Å². The van der Waals surface area contributed by atoms with Crippen LogP contribution in [0.15, 0.2) is 48.5 Å². The normalized spacial score (nSPS) is 21.6. The highest BCUT2D eigenvalue weighted by Crippen LogP contribution is 2.38. The molecule has 3 aromatic carbocycles. The fraction of sp³-hybridized carbons (Fsp3) is 0.400. The first-order valence-electron chi connectivity index (χ1n) is 13.7. The third kappa shape index (κ3) is 4.31. The Morgan fingerprint density at radius 1 is 0.947 bits per heavy atom. The monoisotopic (exact) mass is 513 g/mol. The van der Waals surface area contributed by atoms with E-state index < -0.39 is 5.82 Å². The molecule has 0 amide bonds. The Bertz CT molecular complexity index is 1490. The fourth-order valence-corrected chi connectivity index (χ4v) is 6.40. The van der Waals surface area contributed by atoms with E-state index in [1.165, 1.54) is 12.8 Å². The highest BCUT2D eigenvalue weighted by atomic mass is 19.1. The summed E-state index contributed by atoms with van der Waals surface area (Å²) in [5.74, 6) is 0.406. The molecule has 0 aliphatic carbocycles. The first-order valence-corrected chi connectivity index (χ1v) is 13.7. The molecule has 2 atom stereocenters. The van der Waals surface area contributed by atoms with Gasteiger partial charge in [-0.25, -0.2) is 4.39 Å². The molecule has 8 heteroatoms. The minimum Gasteiger partial charge on any atom is -0.508 e. The minimum absolute atomic E-state index is 0.101. The molecule has 0 spiro atoms. The van der Waals surface area contributed by atoms with Crippen LogP contribution >= 0.6 is 0 Å². The largest absolute Gasteiger partial charge is 0.508 e. The summed E-state index contributed by atoms with van der Waals surface area (Å²) in [6.07, 6.45) is 4.73. The Labute approximate surface area is 221 Å². The Hall–Kier alpha value is -3.49. The van der Waals surface area contributed by atoms with Gasteiger partial charge in [-0.2, -0.15) is 9.97 Å². The average molecular weight is 514 g/mol. The quantitative estimate of drug-likeness (QED) is 0.387. The standard InChI is InChI=1S/C30H32FN5O2/c31-27-24(26-16-22(37)15-19-5-1-2-6-23(19)26)9-10-25-28(27)33-30(38-14-13-35-11-3-4-12-35)34-29(25)36-17-20-7-8-21(18-36)32-20/h1-2,5-6,9-10,15-16,20-21,32,37H,3-4,7-8,11-14,17-18H2/t20-,21+. The number of aromatic nitrogens is 2. The summed E-state index contributed by atoms with van der Waals surface area (Å²) < 4.78 is 22.5. The molecule has 196 valence electrons. The number of likely N-dealkylation sites (tertiary alicyclic amines) is 1. The minimum atomic E-state index is -0.426. The van der Waals surface area contributed by atoms with Crippen LogP contribution in [0.5, 0.6) is 11.8 Å². The molecule has 0 saturated carbocycles. The number of piperazine rings is 1. The molecule has 3 aliphatic heterocycles. The molecular formula is C30H32FN5O2. The van der Waals surface area contributed by atoms with Gasteiger partial charge in [-0.15, -0.1) is 0 Å². The number of ether oxygens (including phenoxy) is 1. The number of hydrogen-bond donors (Lipinski definition) is 2. The molecule has 3 aliphatic rings. The van der Waals surface area contributed by atoms with E-state index in [1.54, 1.807) is 18.2 Å². The van der Waals surface area contributed by atoms with Crippen molar-refractivity contribution in [2.75, 3.05) is 44.2 Å². The van der Waals surface area contributed by atoms with Crippen LogP contribution in [0.3, 0.4) is 0 Å². The molecule has 0 radical (unpaired) electrons. The van der Waals surface area contributed by atoms with Gasteiger partial charge in [0, 0.05) is 42.7 Å². The van der Waals surface area contributed by atoms with Gasteiger partial charge >= 0.3 is 6.01 Å². The third-order valence-corrected chi connectivity index (χ3v) is 8.26. The maximum absolute atomic E-state index is 16.4. The van der Waals surface area contributed by atoms with Crippen molar-refractivity contribution < 1.29 is 14.2 Å². The summed E-state index contributed by atoms with van der Waals surface area (Å²) in [7, 11) is 0. The summed E-state index contributed by atoms with van der Waals surface area (Å²) in [6.45, 7) is 5.12. The van der Waals surface area contributed by atoms with Gasteiger partial charge in [0.25, 0.3) is 0 Å². The van der Waals surface area contributed by atoms with Crippen molar-refractivity contribution in [1.82, 2.24) is 20.2 Å². The van der Waals surface area contributed by atoms with Gasteiger partial charge in [0.2, 0.25) is 0 Å². The van der Waals surface area contributed by atoms with Crippen LogP contribution in [-0.4, -0.2) is 71.4 Å². The van der Waals surface area contributed by atoms with Gasteiger partial charge in [-0.05, 0) is 73.3 Å². The summed E-state index contributed by atoms with van der Waals surface area (Å²) in [6, 6.07) is 15.8. The second-order valence-electron chi connectivity index (χ2n) is 10.8. The average Bonchev–Trinajstić information content (AvgIpc) is 3.57. The Kier molecular flexibility index (Phi) is 6.01. The fourth-order valence-electron chi connectivity index (χ4n) is 6.40. The number of halogens is 1. The smallest absolute Gasteiger partial charge is 0.319 e. The number of phenols is 1. The molecular weight excluding hydrogens is 481 g/mol. The SMILES string of the molecule is Oc1cc(-c2ccc3c(N4C[C@H]5CC[C@@H](C4)N5)nc(OCCN4CCCC4)nc3c2F)c2ccccc2c1. The molecule has 7 rings (SSSR count). The number of aromatic hydroxyl groups is 1. The van der Waals surface area contributed by atoms with Crippen molar-refractivity contribution in [3.8, 4) is 22.9 Å². The number of nitrogens with one attached hydrogen (secondary N) is 1. The number of fused-ring (bicyclic) bond motifs is 4. The van der Waals surface area contributed by atoms with E-state index >= 15 is 4.39 Å². The van der Waals surface area contributed by atoms with Crippen LogP contribution < -0.4 is 15.0 Å². The van der Waals surface area contributed by atoms with Gasteiger partial charge < -0.3 is 20.1 Å². The second-order valence-corrected chi connectivity index (χ2v) is 10.8. The molecule has 38 heavy (non-hydrogen) atoms. The first-order chi connectivity index (χ1) is 18.6. The van der Waals surface area contributed by atoms with Crippen molar-refractivity contribution in [3.05, 3.63) is 54.3 Å². The van der Waals surface area contributed by atoms with Crippen LogP contribution in [0.4, 0.5) is 10.2 Å². The van der Waals surface area contributed by atoms with Crippen LogP contribution in [0.25, 0.3) is 32.8 Å². The molecule has 1 aromatic heterocycles. The maximum atomic E-state index is 16.4. The van der Waals surface area contributed by atoms with Gasteiger partial charge in [0.1, 0.15) is 23.7 Å². The first kappa shape index (κ1) is 23.6. The topological polar surface area (TPSA) is 73.8 Å². The molecule has 4 heterocycles. The van der Waals surface area contributed by atoms with Crippen molar-refractivity contribution in [1.29, 1.82) is 0 Å². The Morgan fingerprint density at radius 3 is 2.55 bits per heavy atom. The highest BCUT2D eigenvalue weighted by molar-refractivity contribution is 6.01. The van der Waals surface area contributed by atoms with Crippen LogP contribution in [0, 0.1) is 5.82 Å². The van der Waals surface area contributed by atoms with E-state index in [-0.39, 0.29) is 17.3 Å². The highest BCUT2D eigenvalue weighted by Gasteiger charge is 2.34.